The van der Waals surface area contributed by atoms with Gasteiger partial charge in [0.15, 0.2) is 0 Å². The first-order valence-electron chi connectivity index (χ1n) is 7.33. The maximum atomic E-state index is 3.61. The zero-order chi connectivity index (χ0) is 14.4. The van der Waals surface area contributed by atoms with Crippen LogP contribution in [0.2, 0.25) is 0 Å². The van der Waals surface area contributed by atoms with Crippen LogP contribution in [0, 0.1) is 19.8 Å². The summed E-state index contributed by atoms with van der Waals surface area (Å²) in [5.41, 5.74) is 4.14. The van der Waals surface area contributed by atoms with Crippen molar-refractivity contribution in [3.05, 3.63) is 34.9 Å². The summed E-state index contributed by atoms with van der Waals surface area (Å²) in [5.74, 6) is 0.745. The second-order valence-corrected chi connectivity index (χ2v) is 6.31. The average molecular weight is 262 g/mol. The van der Waals surface area contributed by atoms with Gasteiger partial charge in [-0.25, -0.2) is 0 Å². The van der Waals surface area contributed by atoms with E-state index in [0.29, 0.717) is 6.04 Å². The molecule has 0 radical (unpaired) electrons. The van der Waals surface area contributed by atoms with Crippen LogP contribution in [0.3, 0.4) is 0 Å². The fraction of sp³-hybridized carbons (Fsp3) is 0.647. The second kappa shape index (κ2) is 7.66. The Morgan fingerprint density at radius 2 is 1.84 bits per heavy atom. The fourth-order valence-electron chi connectivity index (χ4n) is 2.39. The highest BCUT2D eigenvalue weighted by atomic mass is 15.1. The lowest BCUT2D eigenvalue weighted by Crippen LogP contribution is -2.38. The first kappa shape index (κ1) is 16.2. The topological polar surface area (TPSA) is 15.3 Å². The number of likely N-dealkylation sites (N-methyl/N-ethyl adjacent to an activating group) is 1. The van der Waals surface area contributed by atoms with Crippen molar-refractivity contribution in [1.82, 2.24) is 10.2 Å². The summed E-state index contributed by atoms with van der Waals surface area (Å²) in [6.07, 6.45) is 1.24. The molecule has 1 atom stereocenters. The van der Waals surface area contributed by atoms with Gasteiger partial charge in [0.05, 0.1) is 0 Å². The molecular formula is C17H30N2. The summed E-state index contributed by atoms with van der Waals surface area (Å²) in [5, 5.41) is 3.61. The maximum absolute atomic E-state index is 3.61. The molecule has 0 saturated heterocycles. The number of benzene rings is 1. The molecule has 108 valence electrons. The highest BCUT2D eigenvalue weighted by Gasteiger charge is 2.12. The van der Waals surface area contributed by atoms with E-state index >= 15 is 0 Å². The van der Waals surface area contributed by atoms with Gasteiger partial charge in [-0.05, 0) is 51.4 Å². The molecule has 1 aromatic carbocycles. The third-order valence-electron chi connectivity index (χ3n) is 3.67. The van der Waals surface area contributed by atoms with Crippen LogP contribution in [0.15, 0.2) is 18.2 Å². The summed E-state index contributed by atoms with van der Waals surface area (Å²) in [6.45, 7) is 11.0. The molecule has 0 saturated carbocycles. The molecule has 0 heterocycles. The Kier molecular flexibility index (Phi) is 6.53. The predicted octanol–water partition coefficient (Wildman–Crippen LogP) is 3.37. The van der Waals surface area contributed by atoms with Gasteiger partial charge in [-0.1, -0.05) is 37.6 Å². The molecule has 1 aromatic rings. The molecule has 0 aliphatic rings. The third-order valence-corrected chi connectivity index (χ3v) is 3.67. The predicted molar refractivity (Wildman–Crippen MR) is 84.6 cm³/mol. The number of nitrogens with zero attached hydrogens (tertiary/aromatic N) is 1. The molecule has 0 bridgehead atoms. The Hall–Kier alpha value is -0.860. The van der Waals surface area contributed by atoms with Crippen LogP contribution in [0.1, 0.15) is 37.0 Å². The molecule has 0 aliphatic carbocycles. The third kappa shape index (κ3) is 5.75. The molecule has 1 N–H and O–H groups in total. The van der Waals surface area contributed by atoms with Crippen molar-refractivity contribution in [3.63, 3.8) is 0 Å². The monoisotopic (exact) mass is 262 g/mol. The van der Waals surface area contributed by atoms with Crippen molar-refractivity contribution >= 4 is 0 Å². The van der Waals surface area contributed by atoms with Gasteiger partial charge in [0.2, 0.25) is 0 Å². The van der Waals surface area contributed by atoms with Gasteiger partial charge in [-0.2, -0.15) is 0 Å². The smallest absolute Gasteiger partial charge is 0.0217 e. The van der Waals surface area contributed by atoms with E-state index in [2.05, 4.69) is 70.2 Å². The summed E-state index contributed by atoms with van der Waals surface area (Å²) in [7, 11) is 4.35. The number of nitrogens with one attached hydrogen (secondary N) is 1. The number of hydrogen-bond acceptors (Lipinski definition) is 2. The van der Waals surface area contributed by atoms with E-state index in [1.54, 1.807) is 0 Å². The van der Waals surface area contributed by atoms with Gasteiger partial charge in [-0.15, -0.1) is 0 Å². The summed E-state index contributed by atoms with van der Waals surface area (Å²) in [6, 6.07) is 7.30. The van der Waals surface area contributed by atoms with E-state index in [1.807, 2.05) is 0 Å². The molecule has 0 amide bonds. The van der Waals surface area contributed by atoms with Crippen molar-refractivity contribution in [2.75, 3.05) is 20.6 Å². The SMILES string of the molecule is Cc1ccc(C)c(CNCC(CC(C)C)N(C)C)c1. The van der Waals surface area contributed by atoms with Crippen molar-refractivity contribution in [2.45, 2.75) is 46.7 Å². The zero-order valence-electron chi connectivity index (χ0n) is 13.5. The molecule has 0 spiro atoms. The minimum atomic E-state index is 0.616. The van der Waals surface area contributed by atoms with E-state index in [4.69, 9.17) is 0 Å². The van der Waals surface area contributed by atoms with Gasteiger partial charge in [-0.3, -0.25) is 0 Å². The lowest BCUT2D eigenvalue weighted by Gasteiger charge is -2.26. The molecule has 2 heteroatoms. The lowest BCUT2D eigenvalue weighted by atomic mass is 10.0. The molecule has 2 nitrogen and oxygen atoms in total. The Bertz CT molecular complexity index is 383. The Labute approximate surface area is 119 Å². The summed E-state index contributed by atoms with van der Waals surface area (Å²) < 4.78 is 0. The Morgan fingerprint density at radius 3 is 2.42 bits per heavy atom. The largest absolute Gasteiger partial charge is 0.311 e. The van der Waals surface area contributed by atoms with Gasteiger partial charge in [0, 0.05) is 19.1 Å². The quantitative estimate of drug-likeness (QED) is 0.810. The van der Waals surface area contributed by atoms with Crippen molar-refractivity contribution in [1.29, 1.82) is 0 Å². The van der Waals surface area contributed by atoms with Crippen LogP contribution in [-0.4, -0.2) is 31.6 Å². The molecule has 1 unspecified atom stereocenters. The number of hydrogen-bond donors (Lipinski definition) is 1. The maximum Gasteiger partial charge on any atom is 0.0217 e. The zero-order valence-corrected chi connectivity index (χ0v) is 13.5. The molecule has 19 heavy (non-hydrogen) atoms. The molecule has 0 fully saturated rings. The standard InChI is InChI=1S/C17H30N2/c1-13(2)9-17(19(5)6)12-18-11-16-10-14(3)7-8-15(16)4/h7-8,10,13,17-18H,9,11-12H2,1-6H3. The second-order valence-electron chi connectivity index (χ2n) is 6.31. The van der Waals surface area contributed by atoms with Gasteiger partial charge in [0.1, 0.15) is 0 Å². The molecule has 0 aromatic heterocycles. The van der Waals surface area contributed by atoms with Crippen LogP contribution in [0.25, 0.3) is 0 Å². The lowest BCUT2D eigenvalue weighted by molar-refractivity contribution is 0.246. The van der Waals surface area contributed by atoms with Gasteiger partial charge in [0.25, 0.3) is 0 Å². The molecule has 0 aliphatic heterocycles. The molecule has 1 rings (SSSR count). The summed E-state index contributed by atoms with van der Waals surface area (Å²) >= 11 is 0. The van der Waals surface area contributed by atoms with E-state index in [0.717, 1.165) is 19.0 Å². The normalized spacial score (nSPS) is 13.3. The van der Waals surface area contributed by atoms with Crippen LogP contribution in [-0.2, 0) is 6.54 Å². The van der Waals surface area contributed by atoms with Crippen molar-refractivity contribution in [3.8, 4) is 0 Å². The highest BCUT2D eigenvalue weighted by molar-refractivity contribution is 5.30. The van der Waals surface area contributed by atoms with E-state index in [1.165, 1.54) is 23.1 Å². The van der Waals surface area contributed by atoms with Crippen LogP contribution < -0.4 is 5.32 Å². The number of rotatable bonds is 7. The fourth-order valence-corrected chi connectivity index (χ4v) is 2.39. The van der Waals surface area contributed by atoms with E-state index in [-0.39, 0.29) is 0 Å². The van der Waals surface area contributed by atoms with Crippen molar-refractivity contribution < 1.29 is 0 Å². The first-order chi connectivity index (χ1) is 8.90. The number of aryl methyl sites for hydroxylation is 2. The van der Waals surface area contributed by atoms with Gasteiger partial charge < -0.3 is 10.2 Å². The van der Waals surface area contributed by atoms with Crippen molar-refractivity contribution in [2.24, 2.45) is 5.92 Å². The van der Waals surface area contributed by atoms with E-state index in [9.17, 15) is 0 Å². The average Bonchev–Trinajstić information content (AvgIpc) is 2.31. The van der Waals surface area contributed by atoms with Crippen LogP contribution in [0.5, 0.6) is 0 Å². The van der Waals surface area contributed by atoms with Crippen LogP contribution in [0.4, 0.5) is 0 Å². The summed E-state index contributed by atoms with van der Waals surface area (Å²) in [4.78, 5) is 2.33. The minimum absolute atomic E-state index is 0.616. The Balaban J connectivity index is 2.49. The highest BCUT2D eigenvalue weighted by Crippen LogP contribution is 2.11. The molecular weight excluding hydrogens is 232 g/mol. The Morgan fingerprint density at radius 1 is 1.16 bits per heavy atom. The van der Waals surface area contributed by atoms with Gasteiger partial charge >= 0.3 is 0 Å². The minimum Gasteiger partial charge on any atom is -0.311 e. The first-order valence-corrected chi connectivity index (χ1v) is 7.33. The van der Waals surface area contributed by atoms with E-state index < -0.39 is 0 Å². The van der Waals surface area contributed by atoms with Crippen LogP contribution >= 0.6 is 0 Å².